The number of hydrogen-bond acceptors (Lipinski definition) is 1. The van der Waals surface area contributed by atoms with E-state index in [9.17, 15) is 13.2 Å². The Bertz CT molecular complexity index is 265. The molecule has 1 heterocycles. The van der Waals surface area contributed by atoms with Gasteiger partial charge in [-0.1, -0.05) is 0 Å². The van der Waals surface area contributed by atoms with Gasteiger partial charge in [0.15, 0.2) is 5.69 Å². The van der Waals surface area contributed by atoms with Crippen molar-refractivity contribution in [2.45, 2.75) is 13.1 Å². The minimum atomic E-state index is -4.30. The molecule has 0 saturated heterocycles. The minimum Gasteiger partial charge on any atom is -0.199 e. The minimum absolute atomic E-state index is 0.367. The molecule has 0 bridgehead atoms. The standard InChI is InChI=1S/C5H4F3IN2/c1-3-2-4(5(6,7)8)11(9)10-3/h2H,1H3. The molecule has 0 atom stereocenters. The molecule has 0 aromatic carbocycles. The van der Waals surface area contributed by atoms with E-state index >= 15 is 0 Å². The highest BCUT2D eigenvalue weighted by Crippen LogP contribution is 2.30. The number of aryl methyl sites for hydroxylation is 1. The highest BCUT2D eigenvalue weighted by molar-refractivity contribution is 14.1. The summed E-state index contributed by atoms with van der Waals surface area (Å²) in [6.45, 7) is 1.52. The lowest BCUT2D eigenvalue weighted by Crippen LogP contribution is -2.08. The van der Waals surface area contributed by atoms with Crippen LogP contribution in [0, 0.1) is 6.92 Å². The zero-order valence-electron chi connectivity index (χ0n) is 5.48. The van der Waals surface area contributed by atoms with Crippen molar-refractivity contribution >= 4 is 22.9 Å². The molecular formula is C5H4F3IN2. The van der Waals surface area contributed by atoms with Crippen molar-refractivity contribution in [3.63, 3.8) is 0 Å². The summed E-state index contributed by atoms with van der Waals surface area (Å²) in [5.41, 5.74) is -0.359. The molecule has 1 aromatic heterocycles. The summed E-state index contributed by atoms with van der Waals surface area (Å²) in [6.07, 6.45) is -4.30. The fourth-order valence-corrected chi connectivity index (χ4v) is 1.41. The largest absolute Gasteiger partial charge is 0.433 e. The Morgan fingerprint density at radius 3 is 2.27 bits per heavy atom. The second-order valence-electron chi connectivity index (χ2n) is 2.03. The lowest BCUT2D eigenvalue weighted by Gasteiger charge is -2.02. The summed E-state index contributed by atoms with van der Waals surface area (Å²) < 4.78 is 36.8. The topological polar surface area (TPSA) is 17.8 Å². The molecule has 2 nitrogen and oxygen atoms in total. The first-order chi connectivity index (χ1) is 4.91. The maximum absolute atomic E-state index is 12.0. The molecule has 11 heavy (non-hydrogen) atoms. The van der Waals surface area contributed by atoms with Crippen molar-refractivity contribution in [1.29, 1.82) is 0 Å². The second kappa shape index (κ2) is 2.65. The molecular weight excluding hydrogens is 272 g/mol. The maximum Gasteiger partial charge on any atom is 0.433 e. The van der Waals surface area contributed by atoms with Crippen LogP contribution in [0.3, 0.4) is 0 Å². The molecule has 62 valence electrons. The highest BCUT2D eigenvalue weighted by Gasteiger charge is 2.34. The van der Waals surface area contributed by atoms with E-state index in [1.807, 2.05) is 0 Å². The van der Waals surface area contributed by atoms with Gasteiger partial charge in [0.05, 0.1) is 28.6 Å². The molecule has 0 aliphatic rings. The summed E-state index contributed by atoms with van der Waals surface area (Å²) >= 11 is 1.49. The smallest absolute Gasteiger partial charge is 0.199 e. The quantitative estimate of drug-likeness (QED) is 0.665. The molecule has 6 heteroatoms. The molecule has 0 radical (unpaired) electrons. The first-order valence-electron chi connectivity index (χ1n) is 2.71. The van der Waals surface area contributed by atoms with Crippen LogP contribution in [0.1, 0.15) is 11.4 Å². The van der Waals surface area contributed by atoms with Crippen molar-refractivity contribution in [2.24, 2.45) is 0 Å². The van der Waals surface area contributed by atoms with Gasteiger partial charge in [0, 0.05) is 0 Å². The highest BCUT2D eigenvalue weighted by atomic mass is 127. The first-order valence-corrected chi connectivity index (χ1v) is 3.68. The van der Waals surface area contributed by atoms with Crippen LogP contribution >= 0.6 is 22.9 Å². The van der Waals surface area contributed by atoms with Crippen LogP contribution in [0.15, 0.2) is 6.07 Å². The van der Waals surface area contributed by atoms with Gasteiger partial charge in [-0.2, -0.15) is 21.2 Å². The molecule has 0 aliphatic carbocycles. The fraction of sp³-hybridized carbons (Fsp3) is 0.400. The number of rotatable bonds is 0. The molecule has 0 aliphatic heterocycles. The van der Waals surface area contributed by atoms with Crippen molar-refractivity contribution in [1.82, 2.24) is 7.99 Å². The predicted molar refractivity (Wildman–Crippen MR) is 41.4 cm³/mol. The van der Waals surface area contributed by atoms with Crippen LogP contribution in [-0.4, -0.2) is 7.99 Å². The number of hydrogen-bond donors (Lipinski definition) is 0. The molecule has 1 aromatic rings. The van der Waals surface area contributed by atoms with Gasteiger partial charge in [-0.05, 0) is 13.0 Å². The van der Waals surface area contributed by atoms with Crippen molar-refractivity contribution in [2.75, 3.05) is 0 Å². The van der Waals surface area contributed by atoms with Gasteiger partial charge < -0.3 is 0 Å². The molecule has 0 amide bonds. The van der Waals surface area contributed by atoms with E-state index in [1.165, 1.54) is 29.8 Å². The average molecular weight is 276 g/mol. The zero-order chi connectivity index (χ0) is 8.65. The average Bonchev–Trinajstić information content (AvgIpc) is 2.08. The Labute approximate surface area is 74.9 Å². The van der Waals surface area contributed by atoms with E-state index in [4.69, 9.17) is 0 Å². The van der Waals surface area contributed by atoms with E-state index in [0.717, 1.165) is 8.96 Å². The molecule has 1 rings (SSSR count). The Balaban J connectivity index is 3.13. The van der Waals surface area contributed by atoms with E-state index in [2.05, 4.69) is 5.10 Å². The van der Waals surface area contributed by atoms with Crippen molar-refractivity contribution in [3.05, 3.63) is 17.5 Å². The third-order valence-corrected chi connectivity index (χ3v) is 1.82. The van der Waals surface area contributed by atoms with Gasteiger partial charge in [0.2, 0.25) is 0 Å². The van der Waals surface area contributed by atoms with Crippen molar-refractivity contribution < 1.29 is 13.2 Å². The van der Waals surface area contributed by atoms with E-state index in [-0.39, 0.29) is 0 Å². The Morgan fingerprint density at radius 2 is 2.09 bits per heavy atom. The number of halogens is 4. The summed E-state index contributed by atoms with van der Waals surface area (Å²) in [4.78, 5) is 0. The van der Waals surface area contributed by atoms with E-state index < -0.39 is 11.9 Å². The molecule has 0 spiro atoms. The normalized spacial score (nSPS) is 12.1. The molecule has 0 unspecified atom stereocenters. The van der Waals surface area contributed by atoms with Crippen LogP contribution in [0.5, 0.6) is 0 Å². The number of alkyl halides is 3. The summed E-state index contributed by atoms with van der Waals surface area (Å²) in [5, 5.41) is 3.56. The monoisotopic (exact) mass is 276 g/mol. The SMILES string of the molecule is Cc1cc(C(F)(F)F)n(I)n1. The van der Waals surface area contributed by atoms with E-state index in [1.54, 1.807) is 0 Å². The van der Waals surface area contributed by atoms with Crippen LogP contribution in [-0.2, 0) is 6.18 Å². The number of nitrogens with zero attached hydrogens (tertiary/aromatic N) is 2. The fourth-order valence-electron chi connectivity index (χ4n) is 0.659. The zero-order valence-corrected chi connectivity index (χ0v) is 7.64. The van der Waals surface area contributed by atoms with Crippen LogP contribution in [0.4, 0.5) is 13.2 Å². The Hall–Kier alpha value is -0.270. The molecule has 0 saturated carbocycles. The number of aromatic nitrogens is 2. The maximum atomic E-state index is 12.0. The van der Waals surface area contributed by atoms with Gasteiger partial charge in [-0.15, -0.1) is 0 Å². The van der Waals surface area contributed by atoms with Crippen LogP contribution in [0.2, 0.25) is 0 Å². The van der Waals surface area contributed by atoms with Gasteiger partial charge in [0.1, 0.15) is 0 Å². The van der Waals surface area contributed by atoms with Crippen LogP contribution in [0.25, 0.3) is 0 Å². The summed E-state index contributed by atoms with van der Waals surface area (Å²) in [5.74, 6) is 0. The molecule has 0 fully saturated rings. The van der Waals surface area contributed by atoms with Crippen LogP contribution < -0.4 is 0 Å². The van der Waals surface area contributed by atoms with Gasteiger partial charge >= 0.3 is 6.18 Å². The second-order valence-corrected chi connectivity index (χ2v) is 2.94. The lowest BCUT2D eigenvalue weighted by atomic mass is 10.4. The Kier molecular flexibility index (Phi) is 2.13. The third-order valence-electron chi connectivity index (χ3n) is 1.08. The Morgan fingerprint density at radius 1 is 1.55 bits per heavy atom. The van der Waals surface area contributed by atoms with Gasteiger partial charge in [-0.25, -0.2) is 0 Å². The molecule has 0 N–H and O–H groups in total. The first kappa shape index (κ1) is 8.82. The van der Waals surface area contributed by atoms with Gasteiger partial charge in [-0.3, -0.25) is 0 Å². The third kappa shape index (κ3) is 1.85. The predicted octanol–water partition coefficient (Wildman–Crippen LogP) is 2.41. The summed E-state index contributed by atoms with van der Waals surface area (Å²) in [7, 11) is 0. The summed E-state index contributed by atoms with van der Waals surface area (Å²) in [6, 6.07) is 1.01. The van der Waals surface area contributed by atoms with Gasteiger partial charge in [0.25, 0.3) is 0 Å². The lowest BCUT2D eigenvalue weighted by molar-refractivity contribution is -0.141. The van der Waals surface area contributed by atoms with Crippen molar-refractivity contribution in [3.8, 4) is 0 Å². The van der Waals surface area contributed by atoms with E-state index in [0.29, 0.717) is 5.69 Å².